The molecule has 6 nitrogen and oxygen atoms in total. The molecular weight excluding hydrogens is 274 g/mol. The van der Waals surface area contributed by atoms with Crippen LogP contribution in [-0.2, 0) is 6.61 Å². The van der Waals surface area contributed by atoms with Crippen LogP contribution in [0.25, 0.3) is 0 Å². The quantitative estimate of drug-likeness (QED) is 0.873. The minimum atomic E-state index is -1.34. The lowest BCUT2D eigenvalue weighted by molar-refractivity contribution is 0.0632. The van der Waals surface area contributed by atoms with Crippen molar-refractivity contribution in [3.05, 3.63) is 64.1 Å². The second kappa shape index (κ2) is 6.23. The molecule has 0 radical (unpaired) electrons. The molecule has 0 amide bonds. The van der Waals surface area contributed by atoms with Crippen LogP contribution in [0.2, 0.25) is 0 Å². The number of rotatable bonds is 5. The summed E-state index contributed by atoms with van der Waals surface area (Å²) in [7, 11) is 0. The van der Waals surface area contributed by atoms with Crippen molar-refractivity contribution in [3.8, 4) is 5.75 Å². The van der Waals surface area contributed by atoms with Crippen LogP contribution in [0, 0.1) is 0 Å². The van der Waals surface area contributed by atoms with E-state index in [-0.39, 0.29) is 18.1 Å². The number of carbonyl (C=O) groups is 1. The Morgan fingerprint density at radius 3 is 2.52 bits per heavy atom. The van der Waals surface area contributed by atoms with Gasteiger partial charge in [-0.25, -0.2) is 4.79 Å². The summed E-state index contributed by atoms with van der Waals surface area (Å²) < 4.78 is 6.45. The van der Waals surface area contributed by atoms with Gasteiger partial charge in [0.1, 0.15) is 12.8 Å². The topological polar surface area (TPSA) is 88.8 Å². The molecule has 1 atom stereocenters. The highest BCUT2D eigenvalue weighted by molar-refractivity contribution is 5.88. The van der Waals surface area contributed by atoms with Crippen LogP contribution >= 0.6 is 0 Å². The van der Waals surface area contributed by atoms with Crippen molar-refractivity contribution in [3.63, 3.8) is 0 Å². The SMILES string of the molecule is CC(O)n1ccc(=O)c(OCc2ccccc2)c1C(=O)O. The summed E-state index contributed by atoms with van der Waals surface area (Å²) in [5.41, 5.74) is -0.102. The Hall–Kier alpha value is -2.60. The molecule has 110 valence electrons. The van der Waals surface area contributed by atoms with Gasteiger partial charge in [-0.2, -0.15) is 0 Å². The average Bonchev–Trinajstić information content (AvgIpc) is 2.46. The summed E-state index contributed by atoms with van der Waals surface area (Å²) in [5.74, 6) is -1.62. The molecule has 2 aromatic rings. The Labute approximate surface area is 120 Å². The van der Waals surface area contributed by atoms with Crippen LogP contribution in [0.4, 0.5) is 0 Å². The first-order chi connectivity index (χ1) is 10.0. The molecule has 1 heterocycles. The number of ether oxygens (including phenoxy) is 1. The van der Waals surface area contributed by atoms with Gasteiger partial charge >= 0.3 is 5.97 Å². The Kier molecular flexibility index (Phi) is 4.39. The van der Waals surface area contributed by atoms with Crippen LogP contribution in [0.3, 0.4) is 0 Å². The molecule has 0 bridgehead atoms. The Morgan fingerprint density at radius 2 is 1.95 bits per heavy atom. The molecule has 1 aromatic carbocycles. The average molecular weight is 289 g/mol. The zero-order valence-corrected chi connectivity index (χ0v) is 11.4. The molecule has 21 heavy (non-hydrogen) atoms. The molecule has 2 rings (SSSR count). The lowest BCUT2D eigenvalue weighted by atomic mass is 10.2. The van der Waals surface area contributed by atoms with Gasteiger partial charge in [0.15, 0.2) is 11.4 Å². The van der Waals surface area contributed by atoms with E-state index in [0.29, 0.717) is 0 Å². The highest BCUT2D eigenvalue weighted by Gasteiger charge is 2.21. The minimum absolute atomic E-state index is 0.0696. The fourth-order valence-electron chi connectivity index (χ4n) is 1.92. The first-order valence-electron chi connectivity index (χ1n) is 6.34. The summed E-state index contributed by atoms with van der Waals surface area (Å²) in [5, 5.41) is 18.9. The standard InChI is InChI=1S/C15H15NO5/c1-10(17)16-8-7-12(18)14(13(16)15(19)20)21-9-11-5-3-2-4-6-11/h2-8,10,17H,9H2,1H3,(H,19,20). The van der Waals surface area contributed by atoms with E-state index < -0.39 is 17.6 Å². The van der Waals surface area contributed by atoms with E-state index in [9.17, 15) is 19.8 Å². The number of aliphatic hydroxyl groups excluding tert-OH is 1. The van der Waals surface area contributed by atoms with Crippen molar-refractivity contribution in [1.82, 2.24) is 4.57 Å². The summed E-state index contributed by atoms with van der Waals surface area (Å²) >= 11 is 0. The number of aliphatic hydroxyl groups is 1. The maximum Gasteiger partial charge on any atom is 0.356 e. The minimum Gasteiger partial charge on any atom is -0.482 e. The third-order valence-corrected chi connectivity index (χ3v) is 2.91. The third kappa shape index (κ3) is 3.29. The Bertz CT molecular complexity index is 691. The number of hydrogen-bond donors (Lipinski definition) is 2. The molecule has 0 fully saturated rings. The van der Waals surface area contributed by atoms with Gasteiger partial charge in [0.2, 0.25) is 5.43 Å². The highest BCUT2D eigenvalue weighted by atomic mass is 16.5. The van der Waals surface area contributed by atoms with Gasteiger partial charge in [-0.15, -0.1) is 0 Å². The number of pyridine rings is 1. The van der Waals surface area contributed by atoms with Crippen molar-refractivity contribution < 1.29 is 19.7 Å². The monoisotopic (exact) mass is 289 g/mol. The van der Waals surface area contributed by atoms with Crippen molar-refractivity contribution in [2.75, 3.05) is 0 Å². The number of benzene rings is 1. The van der Waals surface area contributed by atoms with E-state index in [2.05, 4.69) is 0 Å². The van der Waals surface area contributed by atoms with E-state index in [0.717, 1.165) is 10.1 Å². The van der Waals surface area contributed by atoms with E-state index in [1.807, 2.05) is 18.2 Å². The first kappa shape index (κ1) is 14.8. The number of aromatic nitrogens is 1. The molecule has 0 saturated carbocycles. The molecule has 0 aliphatic carbocycles. The maximum atomic E-state index is 11.9. The van der Waals surface area contributed by atoms with Crippen molar-refractivity contribution in [1.29, 1.82) is 0 Å². The van der Waals surface area contributed by atoms with Crippen LogP contribution in [0.1, 0.15) is 29.2 Å². The maximum absolute atomic E-state index is 11.9. The van der Waals surface area contributed by atoms with Crippen molar-refractivity contribution in [2.24, 2.45) is 0 Å². The molecule has 0 aliphatic heterocycles. The Morgan fingerprint density at radius 1 is 1.29 bits per heavy atom. The fraction of sp³-hybridized carbons (Fsp3) is 0.200. The number of aromatic carboxylic acids is 1. The van der Waals surface area contributed by atoms with Gasteiger partial charge in [0.25, 0.3) is 0 Å². The van der Waals surface area contributed by atoms with Gasteiger partial charge < -0.3 is 19.5 Å². The second-order valence-electron chi connectivity index (χ2n) is 4.48. The summed E-state index contributed by atoms with van der Waals surface area (Å²) in [6.45, 7) is 1.47. The largest absolute Gasteiger partial charge is 0.482 e. The lowest BCUT2D eigenvalue weighted by Crippen LogP contribution is -2.22. The van der Waals surface area contributed by atoms with Gasteiger partial charge in [-0.3, -0.25) is 4.79 Å². The molecule has 1 unspecified atom stereocenters. The summed E-state index contributed by atoms with van der Waals surface area (Å²) in [4.78, 5) is 23.2. The number of carboxylic acid groups (broad SMARTS) is 1. The predicted molar refractivity (Wildman–Crippen MR) is 75.4 cm³/mol. The summed E-state index contributed by atoms with van der Waals surface area (Å²) in [6.07, 6.45) is 0.141. The number of nitrogens with zero attached hydrogens (tertiary/aromatic N) is 1. The van der Waals surface area contributed by atoms with Crippen LogP contribution in [-0.4, -0.2) is 20.7 Å². The van der Waals surface area contributed by atoms with Gasteiger partial charge in [-0.05, 0) is 12.5 Å². The Balaban J connectivity index is 2.40. The zero-order valence-electron chi connectivity index (χ0n) is 11.4. The fourth-order valence-corrected chi connectivity index (χ4v) is 1.92. The molecule has 1 aromatic heterocycles. The van der Waals surface area contributed by atoms with Crippen LogP contribution < -0.4 is 10.2 Å². The summed E-state index contributed by atoms with van der Waals surface area (Å²) in [6, 6.07) is 10.2. The predicted octanol–water partition coefficient (Wildman–Crippen LogP) is 1.64. The molecular formula is C15H15NO5. The van der Waals surface area contributed by atoms with Gasteiger partial charge in [0.05, 0.1) is 0 Å². The van der Waals surface area contributed by atoms with Gasteiger partial charge in [-0.1, -0.05) is 30.3 Å². The van der Waals surface area contributed by atoms with Gasteiger partial charge in [0, 0.05) is 12.3 Å². The molecule has 0 aliphatic rings. The van der Waals surface area contributed by atoms with E-state index in [1.165, 1.54) is 19.2 Å². The normalized spacial score (nSPS) is 11.9. The first-order valence-corrected chi connectivity index (χ1v) is 6.34. The smallest absolute Gasteiger partial charge is 0.356 e. The molecule has 0 saturated heterocycles. The number of hydrogen-bond acceptors (Lipinski definition) is 4. The van der Waals surface area contributed by atoms with Crippen LogP contribution in [0.5, 0.6) is 5.75 Å². The number of carboxylic acids is 1. The van der Waals surface area contributed by atoms with E-state index >= 15 is 0 Å². The molecule has 2 N–H and O–H groups in total. The van der Waals surface area contributed by atoms with Crippen LogP contribution in [0.15, 0.2) is 47.4 Å². The molecule has 6 heteroatoms. The van der Waals surface area contributed by atoms with Crippen molar-refractivity contribution >= 4 is 5.97 Å². The lowest BCUT2D eigenvalue weighted by Gasteiger charge is -2.16. The zero-order chi connectivity index (χ0) is 15.4. The second-order valence-corrected chi connectivity index (χ2v) is 4.48. The molecule has 0 spiro atoms. The highest BCUT2D eigenvalue weighted by Crippen LogP contribution is 2.18. The van der Waals surface area contributed by atoms with E-state index in [4.69, 9.17) is 4.74 Å². The third-order valence-electron chi connectivity index (χ3n) is 2.91. The van der Waals surface area contributed by atoms with E-state index in [1.54, 1.807) is 12.1 Å². The van der Waals surface area contributed by atoms with Crippen molar-refractivity contribution in [2.45, 2.75) is 19.8 Å².